The Labute approximate surface area is 162 Å². The van der Waals surface area contributed by atoms with Crippen molar-refractivity contribution in [2.45, 2.75) is 6.04 Å². The zero-order valence-corrected chi connectivity index (χ0v) is 15.6. The second kappa shape index (κ2) is 8.45. The van der Waals surface area contributed by atoms with Crippen LogP contribution in [-0.4, -0.2) is 46.2 Å². The highest BCUT2D eigenvalue weighted by molar-refractivity contribution is 5.93. The first kappa shape index (κ1) is 19.2. The van der Waals surface area contributed by atoms with Crippen LogP contribution in [0.15, 0.2) is 67.0 Å². The van der Waals surface area contributed by atoms with E-state index >= 15 is 0 Å². The van der Waals surface area contributed by atoms with E-state index in [0.717, 1.165) is 5.56 Å². The third-order valence-electron chi connectivity index (χ3n) is 4.43. The van der Waals surface area contributed by atoms with Gasteiger partial charge < -0.3 is 10.2 Å². The predicted molar refractivity (Wildman–Crippen MR) is 105 cm³/mol. The average Bonchev–Trinajstić information content (AvgIpc) is 3.19. The van der Waals surface area contributed by atoms with Crippen molar-refractivity contribution in [3.8, 4) is 5.69 Å². The summed E-state index contributed by atoms with van der Waals surface area (Å²) in [6, 6.07) is 16.0. The van der Waals surface area contributed by atoms with Gasteiger partial charge >= 0.3 is 0 Å². The van der Waals surface area contributed by atoms with E-state index in [9.17, 15) is 14.9 Å². The van der Waals surface area contributed by atoms with Crippen molar-refractivity contribution >= 4 is 11.6 Å². The number of nitrogens with one attached hydrogen (secondary N) is 1. The van der Waals surface area contributed by atoms with Crippen molar-refractivity contribution < 1.29 is 9.72 Å². The predicted octanol–water partition coefficient (Wildman–Crippen LogP) is 2.81. The van der Waals surface area contributed by atoms with Crippen molar-refractivity contribution in [2.24, 2.45) is 0 Å². The smallest absolute Gasteiger partial charge is 0.269 e. The summed E-state index contributed by atoms with van der Waals surface area (Å²) in [7, 11) is 3.94. The van der Waals surface area contributed by atoms with E-state index in [0.29, 0.717) is 17.8 Å². The molecule has 0 aliphatic carbocycles. The summed E-state index contributed by atoms with van der Waals surface area (Å²) in [5.41, 5.74) is 2.18. The number of hydrogen-bond acceptors (Lipinski definition) is 5. The van der Waals surface area contributed by atoms with Gasteiger partial charge in [0.2, 0.25) is 0 Å². The van der Waals surface area contributed by atoms with Crippen LogP contribution in [0.4, 0.5) is 5.69 Å². The number of amides is 1. The Morgan fingerprint density at radius 3 is 2.46 bits per heavy atom. The maximum Gasteiger partial charge on any atom is 0.269 e. The van der Waals surface area contributed by atoms with Gasteiger partial charge in [0.25, 0.3) is 11.6 Å². The number of non-ortho nitro benzene ring substituents is 1. The standard InChI is InChI=1S/C20H21N5O3/c1-23(2)19(15-6-4-3-5-7-15)13-21-20(26)16-12-22-24(14-16)17-8-10-18(11-9-17)25(27)28/h3-12,14,19H,13H2,1-2H3,(H,21,26). The van der Waals surface area contributed by atoms with Gasteiger partial charge in [-0.25, -0.2) is 4.68 Å². The molecule has 1 unspecified atom stereocenters. The van der Waals surface area contributed by atoms with Gasteiger partial charge in [0.15, 0.2) is 0 Å². The number of nitro groups is 1. The molecule has 0 aliphatic heterocycles. The molecule has 0 spiro atoms. The topological polar surface area (TPSA) is 93.3 Å². The lowest BCUT2D eigenvalue weighted by Gasteiger charge is -2.25. The summed E-state index contributed by atoms with van der Waals surface area (Å²) in [5, 5.41) is 17.9. The summed E-state index contributed by atoms with van der Waals surface area (Å²) >= 11 is 0. The van der Waals surface area contributed by atoms with E-state index in [2.05, 4.69) is 15.3 Å². The number of carbonyl (C=O) groups excluding carboxylic acids is 1. The van der Waals surface area contributed by atoms with Crippen LogP contribution in [0.3, 0.4) is 0 Å². The molecule has 1 heterocycles. The Morgan fingerprint density at radius 1 is 1.18 bits per heavy atom. The summed E-state index contributed by atoms with van der Waals surface area (Å²) in [6.45, 7) is 0.457. The van der Waals surface area contributed by atoms with Crippen molar-refractivity contribution in [3.05, 3.63) is 88.2 Å². The second-order valence-corrected chi connectivity index (χ2v) is 6.55. The molecule has 1 atom stereocenters. The van der Waals surface area contributed by atoms with Crippen molar-refractivity contribution in [1.82, 2.24) is 20.0 Å². The van der Waals surface area contributed by atoms with Gasteiger partial charge in [-0.2, -0.15) is 5.10 Å². The van der Waals surface area contributed by atoms with Crippen LogP contribution in [0.5, 0.6) is 0 Å². The molecule has 8 heteroatoms. The molecule has 1 N–H and O–H groups in total. The molecule has 28 heavy (non-hydrogen) atoms. The lowest BCUT2D eigenvalue weighted by atomic mass is 10.1. The molecule has 0 saturated carbocycles. The molecule has 0 radical (unpaired) electrons. The summed E-state index contributed by atoms with van der Waals surface area (Å²) in [6.07, 6.45) is 3.08. The number of likely N-dealkylation sites (N-methyl/N-ethyl adjacent to an activating group) is 1. The first-order chi connectivity index (χ1) is 13.5. The largest absolute Gasteiger partial charge is 0.350 e. The summed E-state index contributed by atoms with van der Waals surface area (Å²) < 4.78 is 1.51. The molecule has 0 bridgehead atoms. The number of nitro benzene ring substituents is 1. The third-order valence-corrected chi connectivity index (χ3v) is 4.43. The quantitative estimate of drug-likeness (QED) is 0.503. The zero-order chi connectivity index (χ0) is 20.1. The highest BCUT2D eigenvalue weighted by atomic mass is 16.6. The number of hydrogen-bond donors (Lipinski definition) is 1. The molecule has 8 nitrogen and oxygen atoms in total. The fourth-order valence-electron chi connectivity index (χ4n) is 2.87. The van der Waals surface area contributed by atoms with E-state index in [1.54, 1.807) is 18.3 Å². The van der Waals surface area contributed by atoms with Crippen LogP contribution < -0.4 is 5.32 Å². The average molecular weight is 379 g/mol. The maximum absolute atomic E-state index is 12.5. The van der Waals surface area contributed by atoms with E-state index in [-0.39, 0.29) is 17.6 Å². The SMILES string of the molecule is CN(C)C(CNC(=O)c1cnn(-c2ccc([N+](=O)[O-])cc2)c1)c1ccccc1. The van der Waals surface area contributed by atoms with E-state index < -0.39 is 4.92 Å². The Balaban J connectivity index is 1.67. The Hall–Kier alpha value is -3.52. The van der Waals surface area contributed by atoms with Crippen molar-refractivity contribution in [2.75, 3.05) is 20.6 Å². The van der Waals surface area contributed by atoms with Gasteiger partial charge in [0.05, 0.1) is 28.4 Å². The molecular weight excluding hydrogens is 358 g/mol. The zero-order valence-electron chi connectivity index (χ0n) is 15.6. The molecule has 3 rings (SSSR count). The van der Waals surface area contributed by atoms with Crippen LogP contribution in [0.25, 0.3) is 5.69 Å². The molecular formula is C20H21N5O3. The molecule has 1 amide bonds. The maximum atomic E-state index is 12.5. The molecule has 3 aromatic rings. The van der Waals surface area contributed by atoms with Crippen molar-refractivity contribution in [1.29, 1.82) is 0 Å². The Morgan fingerprint density at radius 2 is 1.86 bits per heavy atom. The van der Waals surface area contributed by atoms with Crippen LogP contribution in [-0.2, 0) is 0 Å². The van der Waals surface area contributed by atoms with Crippen molar-refractivity contribution in [3.63, 3.8) is 0 Å². The molecule has 2 aromatic carbocycles. The molecule has 1 aromatic heterocycles. The van der Waals surface area contributed by atoms with Gasteiger partial charge in [-0.1, -0.05) is 30.3 Å². The van der Waals surface area contributed by atoms with Gasteiger partial charge in [0, 0.05) is 24.9 Å². The monoisotopic (exact) mass is 379 g/mol. The Kier molecular flexibility index (Phi) is 5.81. The molecule has 0 fully saturated rings. The minimum Gasteiger partial charge on any atom is -0.350 e. The van der Waals surface area contributed by atoms with Gasteiger partial charge in [-0.3, -0.25) is 14.9 Å². The summed E-state index contributed by atoms with van der Waals surface area (Å²) in [5.74, 6) is -0.226. The van der Waals surface area contributed by atoms with Crippen LogP contribution in [0.1, 0.15) is 22.0 Å². The van der Waals surface area contributed by atoms with E-state index in [4.69, 9.17) is 0 Å². The number of rotatable bonds is 7. The van der Waals surface area contributed by atoms with Gasteiger partial charge in [0.1, 0.15) is 0 Å². The highest BCUT2D eigenvalue weighted by Crippen LogP contribution is 2.18. The fraction of sp³-hybridized carbons (Fsp3) is 0.200. The number of nitrogens with zero attached hydrogens (tertiary/aromatic N) is 4. The molecule has 0 aliphatic rings. The molecule has 144 valence electrons. The highest BCUT2D eigenvalue weighted by Gasteiger charge is 2.16. The minimum atomic E-state index is -0.459. The van der Waals surface area contributed by atoms with Crippen LogP contribution in [0, 0.1) is 10.1 Å². The fourth-order valence-corrected chi connectivity index (χ4v) is 2.87. The number of aromatic nitrogens is 2. The van der Waals surface area contributed by atoms with E-state index in [1.807, 2.05) is 44.4 Å². The minimum absolute atomic E-state index is 0.00418. The molecule has 0 saturated heterocycles. The normalized spacial score (nSPS) is 12.0. The lowest BCUT2D eigenvalue weighted by molar-refractivity contribution is -0.384. The summed E-state index contributed by atoms with van der Waals surface area (Å²) in [4.78, 5) is 24.9. The van der Waals surface area contributed by atoms with E-state index in [1.165, 1.54) is 23.0 Å². The Bertz CT molecular complexity index is 951. The van der Waals surface area contributed by atoms with Crippen LogP contribution >= 0.6 is 0 Å². The third kappa shape index (κ3) is 4.41. The lowest BCUT2D eigenvalue weighted by Crippen LogP contribution is -2.34. The van der Waals surface area contributed by atoms with Gasteiger partial charge in [-0.05, 0) is 31.8 Å². The number of carbonyl (C=O) groups is 1. The van der Waals surface area contributed by atoms with Crippen LogP contribution in [0.2, 0.25) is 0 Å². The first-order valence-electron chi connectivity index (χ1n) is 8.75. The first-order valence-corrected chi connectivity index (χ1v) is 8.75. The van der Waals surface area contributed by atoms with Gasteiger partial charge in [-0.15, -0.1) is 0 Å². The second-order valence-electron chi connectivity index (χ2n) is 6.55. The number of benzene rings is 2.